The van der Waals surface area contributed by atoms with Gasteiger partial charge in [0.2, 0.25) is 11.8 Å². The first-order chi connectivity index (χ1) is 15.5. The second-order valence-electron chi connectivity index (χ2n) is 7.49. The number of nitrogens with one attached hydrogen (secondary N) is 1. The Hall–Kier alpha value is -3.51. The summed E-state index contributed by atoms with van der Waals surface area (Å²) in [5.41, 5.74) is 2.14. The lowest BCUT2D eigenvalue weighted by molar-refractivity contribution is -0.122. The largest absolute Gasteiger partial charge is 0.497 e. The molecule has 164 valence electrons. The summed E-state index contributed by atoms with van der Waals surface area (Å²) in [5.74, 6) is 0.447. The third kappa shape index (κ3) is 4.41. The van der Waals surface area contributed by atoms with Crippen molar-refractivity contribution in [3.05, 3.63) is 83.4 Å². The Balaban J connectivity index is 1.70. The van der Waals surface area contributed by atoms with Crippen molar-refractivity contribution in [3.63, 3.8) is 0 Å². The summed E-state index contributed by atoms with van der Waals surface area (Å²) < 4.78 is 10.5. The van der Waals surface area contributed by atoms with Crippen LogP contribution in [0.25, 0.3) is 0 Å². The summed E-state index contributed by atoms with van der Waals surface area (Å²) in [7, 11) is 3.19. The van der Waals surface area contributed by atoms with E-state index in [0.717, 1.165) is 5.56 Å². The maximum Gasteiger partial charge on any atom is 0.230 e. The van der Waals surface area contributed by atoms with Crippen LogP contribution in [0.15, 0.2) is 72.8 Å². The summed E-state index contributed by atoms with van der Waals surface area (Å²) in [5, 5.41) is 3.44. The first kappa shape index (κ1) is 21.7. The van der Waals surface area contributed by atoms with Crippen molar-refractivity contribution in [2.24, 2.45) is 5.92 Å². The van der Waals surface area contributed by atoms with Crippen molar-refractivity contribution in [2.45, 2.75) is 12.5 Å². The zero-order valence-electron chi connectivity index (χ0n) is 17.7. The number of anilines is 2. The molecule has 4 rings (SSSR count). The van der Waals surface area contributed by atoms with Crippen LogP contribution >= 0.6 is 11.6 Å². The van der Waals surface area contributed by atoms with Crippen LogP contribution in [0.4, 0.5) is 11.4 Å². The minimum atomic E-state index is -0.586. The van der Waals surface area contributed by atoms with Gasteiger partial charge in [-0.15, -0.1) is 0 Å². The molecule has 32 heavy (non-hydrogen) atoms. The number of methoxy groups -OCH3 is 2. The molecule has 0 saturated carbocycles. The molecule has 1 heterocycles. The molecule has 0 aromatic heterocycles. The Morgan fingerprint density at radius 3 is 2.19 bits per heavy atom. The molecule has 0 radical (unpaired) electrons. The van der Waals surface area contributed by atoms with Crippen LogP contribution < -0.4 is 19.7 Å². The predicted molar refractivity (Wildman–Crippen MR) is 124 cm³/mol. The maximum absolute atomic E-state index is 13.3. The zero-order chi connectivity index (χ0) is 22.7. The lowest BCUT2D eigenvalue weighted by atomic mass is 9.92. The molecule has 6 nitrogen and oxygen atoms in total. The van der Waals surface area contributed by atoms with Gasteiger partial charge in [0.05, 0.1) is 26.2 Å². The number of amides is 2. The molecule has 1 saturated heterocycles. The van der Waals surface area contributed by atoms with Crippen molar-refractivity contribution in [3.8, 4) is 11.5 Å². The van der Waals surface area contributed by atoms with Gasteiger partial charge in [0.1, 0.15) is 11.5 Å². The van der Waals surface area contributed by atoms with Crippen LogP contribution in [0.3, 0.4) is 0 Å². The Kier molecular flexibility index (Phi) is 6.32. The molecule has 1 aliphatic rings. The molecule has 3 aromatic rings. The standard InChI is InChI=1S/C25H23ClN2O4/c1-31-20-10-6-16(7-11-20)24-22(25(30)27-18-5-3-4-17(26)14-18)15-23(29)28(24)19-8-12-21(32-2)13-9-19/h3-14,22,24H,15H2,1-2H3,(H,27,30)/t22-,24-/m0/s1. The number of nitrogens with zero attached hydrogens (tertiary/aromatic N) is 1. The zero-order valence-corrected chi connectivity index (χ0v) is 18.5. The number of benzene rings is 3. The van der Waals surface area contributed by atoms with Gasteiger partial charge in [0, 0.05) is 22.8 Å². The fourth-order valence-corrected chi connectivity index (χ4v) is 4.19. The normalized spacial score (nSPS) is 17.8. The summed E-state index contributed by atoms with van der Waals surface area (Å²) in [4.78, 5) is 28.1. The molecular formula is C25H23ClN2O4. The Labute approximate surface area is 191 Å². The van der Waals surface area contributed by atoms with Crippen LogP contribution in [0, 0.1) is 5.92 Å². The number of ether oxygens (including phenoxy) is 2. The van der Waals surface area contributed by atoms with Crippen molar-refractivity contribution in [1.29, 1.82) is 0 Å². The maximum atomic E-state index is 13.3. The average Bonchev–Trinajstić information content (AvgIpc) is 3.16. The molecule has 2 atom stereocenters. The number of halogens is 1. The molecule has 1 aliphatic heterocycles. The lowest BCUT2D eigenvalue weighted by Crippen LogP contribution is -2.32. The van der Waals surface area contributed by atoms with Crippen molar-refractivity contribution in [2.75, 3.05) is 24.4 Å². The van der Waals surface area contributed by atoms with E-state index in [1.54, 1.807) is 55.5 Å². The molecule has 0 bridgehead atoms. The van der Waals surface area contributed by atoms with Gasteiger partial charge in [0.25, 0.3) is 0 Å². The second kappa shape index (κ2) is 9.32. The van der Waals surface area contributed by atoms with Gasteiger partial charge in [0.15, 0.2) is 0 Å². The monoisotopic (exact) mass is 450 g/mol. The van der Waals surface area contributed by atoms with Gasteiger partial charge in [-0.25, -0.2) is 0 Å². The predicted octanol–water partition coefficient (Wildman–Crippen LogP) is 5.09. The van der Waals surface area contributed by atoms with Crippen LogP contribution in [-0.4, -0.2) is 26.0 Å². The van der Waals surface area contributed by atoms with E-state index in [4.69, 9.17) is 21.1 Å². The highest BCUT2D eigenvalue weighted by molar-refractivity contribution is 6.30. The quantitative estimate of drug-likeness (QED) is 0.568. The van der Waals surface area contributed by atoms with Crippen LogP contribution in [0.5, 0.6) is 11.5 Å². The molecule has 2 amide bonds. The minimum absolute atomic E-state index is 0.0924. The topological polar surface area (TPSA) is 67.9 Å². The Morgan fingerprint density at radius 1 is 0.969 bits per heavy atom. The van der Waals surface area contributed by atoms with E-state index in [-0.39, 0.29) is 18.2 Å². The number of hydrogen-bond donors (Lipinski definition) is 1. The molecule has 0 unspecified atom stereocenters. The average molecular weight is 451 g/mol. The van der Waals surface area contributed by atoms with E-state index in [2.05, 4.69) is 5.32 Å². The highest BCUT2D eigenvalue weighted by Gasteiger charge is 2.45. The molecule has 1 N–H and O–H groups in total. The van der Waals surface area contributed by atoms with Crippen molar-refractivity contribution in [1.82, 2.24) is 0 Å². The first-order valence-electron chi connectivity index (χ1n) is 10.2. The number of hydrogen-bond acceptors (Lipinski definition) is 4. The Morgan fingerprint density at radius 2 is 1.59 bits per heavy atom. The van der Waals surface area contributed by atoms with Crippen molar-refractivity contribution < 1.29 is 19.1 Å². The molecular weight excluding hydrogens is 428 g/mol. The molecule has 0 aliphatic carbocycles. The molecule has 1 fully saturated rings. The second-order valence-corrected chi connectivity index (χ2v) is 7.93. The van der Waals surface area contributed by atoms with Crippen LogP contribution in [-0.2, 0) is 9.59 Å². The number of carbonyl (C=O) groups excluding carboxylic acids is 2. The van der Waals surface area contributed by atoms with Crippen molar-refractivity contribution >= 4 is 34.8 Å². The van der Waals surface area contributed by atoms with E-state index < -0.39 is 12.0 Å². The molecule has 7 heteroatoms. The summed E-state index contributed by atoms with van der Waals surface area (Å²) >= 11 is 6.06. The highest BCUT2D eigenvalue weighted by atomic mass is 35.5. The van der Waals surface area contributed by atoms with E-state index in [1.807, 2.05) is 36.4 Å². The molecule has 3 aromatic carbocycles. The fraction of sp³-hybridized carbons (Fsp3) is 0.200. The van der Waals surface area contributed by atoms with Gasteiger partial charge < -0.3 is 19.7 Å². The number of carbonyl (C=O) groups is 2. The van der Waals surface area contributed by atoms with Gasteiger partial charge in [-0.2, -0.15) is 0 Å². The summed E-state index contributed by atoms with van der Waals surface area (Å²) in [6.07, 6.45) is 0.0924. The summed E-state index contributed by atoms with van der Waals surface area (Å²) in [6, 6.07) is 21.2. The smallest absolute Gasteiger partial charge is 0.230 e. The lowest BCUT2D eigenvalue weighted by Gasteiger charge is -2.28. The van der Waals surface area contributed by atoms with Gasteiger partial charge in [-0.05, 0) is 60.2 Å². The Bertz CT molecular complexity index is 1120. The first-order valence-corrected chi connectivity index (χ1v) is 10.5. The van der Waals surface area contributed by atoms with Gasteiger partial charge in [-0.1, -0.05) is 29.8 Å². The number of rotatable bonds is 6. The van der Waals surface area contributed by atoms with Gasteiger partial charge >= 0.3 is 0 Å². The SMILES string of the molecule is COc1ccc([C@H]2[C@@H](C(=O)Nc3cccc(Cl)c3)CC(=O)N2c2ccc(OC)cc2)cc1. The third-order valence-corrected chi connectivity index (χ3v) is 5.79. The van der Waals surface area contributed by atoms with Crippen LogP contribution in [0.2, 0.25) is 5.02 Å². The fourth-order valence-electron chi connectivity index (χ4n) is 4.00. The van der Waals surface area contributed by atoms with E-state index in [0.29, 0.717) is 27.9 Å². The van der Waals surface area contributed by atoms with E-state index >= 15 is 0 Å². The summed E-state index contributed by atoms with van der Waals surface area (Å²) in [6.45, 7) is 0. The van der Waals surface area contributed by atoms with E-state index in [9.17, 15) is 9.59 Å². The highest BCUT2D eigenvalue weighted by Crippen LogP contribution is 2.42. The van der Waals surface area contributed by atoms with Gasteiger partial charge in [-0.3, -0.25) is 9.59 Å². The minimum Gasteiger partial charge on any atom is -0.497 e. The molecule has 0 spiro atoms. The third-order valence-electron chi connectivity index (χ3n) is 5.56. The van der Waals surface area contributed by atoms with E-state index in [1.165, 1.54) is 0 Å². The van der Waals surface area contributed by atoms with Crippen LogP contribution in [0.1, 0.15) is 18.0 Å².